The number of fused-ring (bicyclic) bond motifs is 1. The van der Waals surface area contributed by atoms with Crippen LogP contribution in [-0.4, -0.2) is 27.3 Å². The van der Waals surface area contributed by atoms with Crippen LogP contribution in [0.3, 0.4) is 0 Å². The number of carboxylic acid groups (broad SMARTS) is 1. The lowest BCUT2D eigenvalue weighted by Crippen LogP contribution is -2.09. The summed E-state index contributed by atoms with van der Waals surface area (Å²) in [5, 5.41) is 29.6. The summed E-state index contributed by atoms with van der Waals surface area (Å²) < 4.78 is 5.14. The van der Waals surface area contributed by atoms with Crippen LogP contribution in [0.25, 0.3) is 10.8 Å². The number of phenols is 2. The number of carboxylic acids is 1. The van der Waals surface area contributed by atoms with Gasteiger partial charge in [0.2, 0.25) is 0 Å². The molecule has 0 amide bonds. The Morgan fingerprint density at radius 1 is 0.917 bits per heavy atom. The van der Waals surface area contributed by atoms with Crippen molar-refractivity contribution in [1.29, 1.82) is 0 Å². The Hall–Kier alpha value is -3.54. The molecule has 0 atom stereocenters. The molecular formula is C18H12O6. The van der Waals surface area contributed by atoms with Gasteiger partial charge in [-0.25, -0.2) is 9.59 Å². The Labute approximate surface area is 136 Å². The second kappa shape index (κ2) is 5.92. The van der Waals surface area contributed by atoms with E-state index in [-0.39, 0.29) is 22.6 Å². The second-order valence-electron chi connectivity index (χ2n) is 5.06. The van der Waals surface area contributed by atoms with Gasteiger partial charge in [-0.15, -0.1) is 0 Å². The van der Waals surface area contributed by atoms with Crippen LogP contribution in [0.4, 0.5) is 0 Å². The summed E-state index contributed by atoms with van der Waals surface area (Å²) in [5.41, 5.74) is -0.182. The third kappa shape index (κ3) is 2.72. The van der Waals surface area contributed by atoms with Gasteiger partial charge < -0.3 is 20.1 Å². The van der Waals surface area contributed by atoms with Crippen molar-refractivity contribution >= 4 is 22.7 Å². The second-order valence-corrected chi connectivity index (χ2v) is 5.06. The average molecular weight is 324 g/mol. The fraction of sp³-hybridized carbons (Fsp3) is 0. The smallest absolute Gasteiger partial charge is 0.343 e. The summed E-state index contributed by atoms with van der Waals surface area (Å²) in [5.74, 6) is -2.98. The third-order valence-electron chi connectivity index (χ3n) is 3.51. The van der Waals surface area contributed by atoms with E-state index in [1.54, 1.807) is 24.3 Å². The fourth-order valence-corrected chi connectivity index (χ4v) is 2.36. The molecule has 6 nitrogen and oxygen atoms in total. The van der Waals surface area contributed by atoms with Crippen LogP contribution in [-0.2, 0) is 0 Å². The van der Waals surface area contributed by atoms with Crippen molar-refractivity contribution in [2.45, 2.75) is 0 Å². The first-order valence-corrected chi connectivity index (χ1v) is 6.96. The van der Waals surface area contributed by atoms with Crippen molar-refractivity contribution in [3.8, 4) is 17.2 Å². The molecule has 0 bridgehead atoms. The molecule has 0 heterocycles. The van der Waals surface area contributed by atoms with Crippen LogP contribution >= 0.6 is 0 Å². The van der Waals surface area contributed by atoms with Crippen LogP contribution in [0.2, 0.25) is 0 Å². The van der Waals surface area contributed by atoms with Crippen molar-refractivity contribution in [3.05, 3.63) is 65.7 Å². The summed E-state index contributed by atoms with van der Waals surface area (Å²) in [4.78, 5) is 23.6. The number of hydrogen-bond donors (Lipinski definition) is 3. The van der Waals surface area contributed by atoms with Gasteiger partial charge in [0.25, 0.3) is 0 Å². The molecule has 0 aliphatic heterocycles. The lowest BCUT2D eigenvalue weighted by Gasteiger charge is -2.11. The number of benzene rings is 3. The van der Waals surface area contributed by atoms with E-state index in [2.05, 4.69) is 0 Å². The van der Waals surface area contributed by atoms with Gasteiger partial charge >= 0.3 is 11.9 Å². The molecule has 0 saturated carbocycles. The van der Waals surface area contributed by atoms with E-state index in [0.29, 0.717) is 10.8 Å². The van der Waals surface area contributed by atoms with Crippen molar-refractivity contribution in [3.63, 3.8) is 0 Å². The first-order valence-electron chi connectivity index (χ1n) is 6.96. The molecule has 0 saturated heterocycles. The molecule has 3 aromatic rings. The van der Waals surface area contributed by atoms with Crippen LogP contribution < -0.4 is 4.74 Å². The van der Waals surface area contributed by atoms with Gasteiger partial charge in [-0.1, -0.05) is 24.3 Å². The largest absolute Gasteiger partial charge is 0.508 e. The van der Waals surface area contributed by atoms with Crippen LogP contribution in [0.15, 0.2) is 54.6 Å². The SMILES string of the molecule is O=C(Oc1cc2ccccc2c(C(=O)O)c1O)c1ccc(O)cc1. The lowest BCUT2D eigenvalue weighted by atomic mass is 10.0. The van der Waals surface area contributed by atoms with E-state index in [1.807, 2.05) is 0 Å². The van der Waals surface area contributed by atoms with Gasteiger partial charge in [-0.2, -0.15) is 0 Å². The number of carbonyl (C=O) groups is 2. The molecule has 0 spiro atoms. The quantitative estimate of drug-likeness (QED) is 0.505. The molecule has 0 aromatic heterocycles. The fourth-order valence-electron chi connectivity index (χ4n) is 2.36. The zero-order chi connectivity index (χ0) is 17.3. The van der Waals surface area contributed by atoms with Gasteiger partial charge in [0, 0.05) is 5.39 Å². The molecule has 0 aliphatic carbocycles. The van der Waals surface area contributed by atoms with Crippen LogP contribution in [0.1, 0.15) is 20.7 Å². The topological polar surface area (TPSA) is 104 Å². The Morgan fingerprint density at radius 2 is 1.58 bits per heavy atom. The highest BCUT2D eigenvalue weighted by Gasteiger charge is 2.21. The van der Waals surface area contributed by atoms with E-state index in [0.717, 1.165) is 0 Å². The zero-order valence-corrected chi connectivity index (χ0v) is 12.3. The highest BCUT2D eigenvalue weighted by Crippen LogP contribution is 2.37. The predicted octanol–water partition coefficient (Wildman–Crippen LogP) is 3.17. The standard InChI is InChI=1S/C18H12O6/c19-12-7-5-10(6-8-12)18(23)24-14-9-11-3-1-2-4-13(11)15(16(14)20)17(21)22/h1-9,19-20H,(H,21,22). The van der Waals surface area contributed by atoms with Crippen molar-refractivity contribution in [2.75, 3.05) is 0 Å². The number of esters is 1. The van der Waals surface area contributed by atoms with E-state index in [1.165, 1.54) is 30.3 Å². The Kier molecular flexibility index (Phi) is 3.79. The zero-order valence-electron chi connectivity index (χ0n) is 12.3. The highest BCUT2D eigenvalue weighted by atomic mass is 16.5. The molecule has 3 rings (SSSR count). The summed E-state index contributed by atoms with van der Waals surface area (Å²) in [6.07, 6.45) is 0. The molecule has 24 heavy (non-hydrogen) atoms. The molecule has 120 valence electrons. The van der Waals surface area contributed by atoms with E-state index in [9.17, 15) is 24.9 Å². The van der Waals surface area contributed by atoms with Gasteiger partial charge in [0.05, 0.1) is 5.56 Å². The minimum Gasteiger partial charge on any atom is -0.508 e. The number of carbonyl (C=O) groups excluding carboxylic acids is 1. The first kappa shape index (κ1) is 15.4. The molecule has 6 heteroatoms. The predicted molar refractivity (Wildman–Crippen MR) is 85.6 cm³/mol. The first-order chi connectivity index (χ1) is 11.5. The summed E-state index contributed by atoms with van der Waals surface area (Å²) >= 11 is 0. The van der Waals surface area contributed by atoms with E-state index >= 15 is 0 Å². The monoisotopic (exact) mass is 324 g/mol. The van der Waals surface area contributed by atoms with Gasteiger partial charge in [0.1, 0.15) is 11.3 Å². The Balaban J connectivity index is 2.06. The number of hydrogen-bond acceptors (Lipinski definition) is 5. The molecule has 3 N–H and O–H groups in total. The number of ether oxygens (including phenoxy) is 1. The molecule has 0 aliphatic rings. The van der Waals surface area contributed by atoms with Crippen molar-refractivity contribution < 1.29 is 29.6 Å². The maximum atomic E-state index is 12.1. The summed E-state index contributed by atoms with van der Waals surface area (Å²) in [6.45, 7) is 0. The van der Waals surface area contributed by atoms with Gasteiger partial charge in [0.15, 0.2) is 11.5 Å². The third-order valence-corrected chi connectivity index (χ3v) is 3.51. The molecular weight excluding hydrogens is 312 g/mol. The van der Waals surface area contributed by atoms with E-state index < -0.39 is 17.7 Å². The minimum atomic E-state index is -1.33. The maximum Gasteiger partial charge on any atom is 0.343 e. The van der Waals surface area contributed by atoms with E-state index in [4.69, 9.17) is 4.74 Å². The van der Waals surface area contributed by atoms with Crippen LogP contribution in [0.5, 0.6) is 17.2 Å². The molecule has 0 unspecified atom stereocenters. The number of aromatic hydroxyl groups is 2. The average Bonchev–Trinajstić information content (AvgIpc) is 2.55. The number of phenolic OH excluding ortho intramolecular Hbond substituents is 1. The van der Waals surface area contributed by atoms with Gasteiger partial charge in [-0.3, -0.25) is 0 Å². The molecule has 0 radical (unpaired) electrons. The van der Waals surface area contributed by atoms with Crippen molar-refractivity contribution in [2.24, 2.45) is 0 Å². The summed E-state index contributed by atoms with van der Waals surface area (Å²) in [6, 6.07) is 13.3. The molecule has 3 aromatic carbocycles. The molecule has 0 fully saturated rings. The van der Waals surface area contributed by atoms with Gasteiger partial charge in [-0.05, 0) is 35.7 Å². The normalized spacial score (nSPS) is 10.5. The minimum absolute atomic E-state index is 0.00624. The number of aromatic carboxylic acids is 1. The van der Waals surface area contributed by atoms with Crippen molar-refractivity contribution in [1.82, 2.24) is 0 Å². The van der Waals surface area contributed by atoms with Crippen LogP contribution in [0, 0.1) is 0 Å². The lowest BCUT2D eigenvalue weighted by molar-refractivity contribution is 0.0683. The number of rotatable bonds is 3. The Bertz CT molecular complexity index is 944. The highest BCUT2D eigenvalue weighted by molar-refractivity contribution is 6.07. The maximum absolute atomic E-state index is 12.1. The Morgan fingerprint density at radius 3 is 2.25 bits per heavy atom. The summed E-state index contributed by atoms with van der Waals surface area (Å²) in [7, 11) is 0.